The molecule has 0 spiro atoms. The quantitative estimate of drug-likeness (QED) is 0.679. The molecule has 2 N–H and O–H groups in total. The van der Waals surface area contributed by atoms with Crippen LogP contribution in [0.5, 0.6) is 5.75 Å². The van der Waals surface area contributed by atoms with Crippen molar-refractivity contribution in [2.75, 3.05) is 0 Å². The lowest BCUT2D eigenvalue weighted by Crippen LogP contribution is -1.95. The molecule has 0 bridgehead atoms. The van der Waals surface area contributed by atoms with Crippen LogP contribution in [0.4, 0.5) is 0 Å². The van der Waals surface area contributed by atoms with Crippen LogP contribution in [0.1, 0.15) is 10.4 Å². The van der Waals surface area contributed by atoms with Crippen molar-refractivity contribution in [1.82, 2.24) is 0 Å². The summed E-state index contributed by atoms with van der Waals surface area (Å²) < 4.78 is 0. The number of carbonyl (C=O) groups is 1. The van der Waals surface area contributed by atoms with Gasteiger partial charge in [0.1, 0.15) is 11.3 Å². The smallest absolute Gasteiger partial charge is 0.339 e. The number of benzene rings is 1. The summed E-state index contributed by atoms with van der Waals surface area (Å²) >= 11 is 0. The van der Waals surface area contributed by atoms with Gasteiger partial charge in [0.05, 0.1) is 0 Å². The van der Waals surface area contributed by atoms with Crippen LogP contribution < -0.4 is 0 Å². The molecule has 60 valence electrons. The molecule has 0 amide bonds. The third-order valence-corrected chi connectivity index (χ3v) is 1.13. The van der Waals surface area contributed by atoms with E-state index in [2.05, 4.69) is 0 Å². The second kappa shape index (κ2) is 3.83. The standard InChI is InChI=1S/C7H6O3.ClH/c8-6-4-2-1-3-5(6)7(9)10;/h1-4,8H,(H,9,10);1H. The second-order valence-electron chi connectivity index (χ2n) is 1.82. The van der Waals surface area contributed by atoms with Crippen molar-refractivity contribution in [3.05, 3.63) is 29.8 Å². The molecule has 0 aliphatic rings. The zero-order valence-electron chi connectivity index (χ0n) is 5.52. The minimum absolute atomic E-state index is 0. The van der Waals surface area contributed by atoms with E-state index >= 15 is 0 Å². The van der Waals surface area contributed by atoms with E-state index in [9.17, 15) is 4.79 Å². The molecule has 3 nitrogen and oxygen atoms in total. The number of carboxylic acids is 1. The van der Waals surface area contributed by atoms with Crippen molar-refractivity contribution in [2.45, 2.75) is 0 Å². The number of carboxylic acid groups (broad SMARTS) is 1. The van der Waals surface area contributed by atoms with Crippen molar-refractivity contribution in [3.63, 3.8) is 0 Å². The average Bonchev–Trinajstić information content (AvgIpc) is 1.88. The van der Waals surface area contributed by atoms with Crippen LogP contribution in [0.25, 0.3) is 0 Å². The highest BCUT2D eigenvalue weighted by atomic mass is 35.5. The Labute approximate surface area is 69.7 Å². The summed E-state index contributed by atoms with van der Waals surface area (Å²) in [5.74, 6) is -1.31. The topological polar surface area (TPSA) is 57.5 Å². The van der Waals surface area contributed by atoms with Crippen LogP contribution in [0, 0.1) is 0 Å². The summed E-state index contributed by atoms with van der Waals surface area (Å²) in [6, 6.07) is 5.81. The second-order valence-corrected chi connectivity index (χ2v) is 1.82. The number of halogens is 1. The molecule has 0 radical (unpaired) electrons. The highest BCUT2D eigenvalue weighted by Gasteiger charge is 2.05. The van der Waals surface area contributed by atoms with Crippen LogP contribution in [0.15, 0.2) is 24.3 Å². The third kappa shape index (κ3) is 2.13. The van der Waals surface area contributed by atoms with Gasteiger partial charge in [0.25, 0.3) is 0 Å². The van der Waals surface area contributed by atoms with Gasteiger partial charge in [0.2, 0.25) is 0 Å². The van der Waals surface area contributed by atoms with Gasteiger partial charge >= 0.3 is 5.97 Å². The van der Waals surface area contributed by atoms with Gasteiger partial charge < -0.3 is 10.2 Å². The Bertz CT molecular complexity index is 260. The number of aromatic carboxylic acids is 1. The zero-order chi connectivity index (χ0) is 7.56. The van der Waals surface area contributed by atoms with Gasteiger partial charge in [-0.15, -0.1) is 12.4 Å². The van der Waals surface area contributed by atoms with Crippen molar-refractivity contribution in [3.8, 4) is 5.75 Å². The lowest BCUT2D eigenvalue weighted by molar-refractivity contribution is 0.0694. The van der Waals surface area contributed by atoms with Crippen molar-refractivity contribution in [2.24, 2.45) is 0 Å². The molecule has 0 fully saturated rings. The number of hydrogen-bond acceptors (Lipinski definition) is 2. The molecular formula is C7H7ClO3. The summed E-state index contributed by atoms with van der Waals surface area (Å²) in [6.07, 6.45) is 0. The molecule has 0 heterocycles. The van der Waals surface area contributed by atoms with E-state index < -0.39 is 5.97 Å². The first kappa shape index (κ1) is 9.78. The Morgan fingerprint density at radius 1 is 1.27 bits per heavy atom. The highest BCUT2D eigenvalue weighted by Crippen LogP contribution is 2.14. The van der Waals surface area contributed by atoms with Crippen molar-refractivity contribution >= 4 is 18.4 Å². The third-order valence-electron chi connectivity index (χ3n) is 1.13. The number of phenols is 1. The van der Waals surface area contributed by atoms with Gasteiger partial charge in [0, 0.05) is 0 Å². The average molecular weight is 175 g/mol. The van der Waals surface area contributed by atoms with Crippen molar-refractivity contribution in [1.29, 1.82) is 0 Å². The van der Waals surface area contributed by atoms with E-state index in [0.29, 0.717) is 0 Å². The molecule has 0 saturated carbocycles. The molecule has 1 rings (SSSR count). The van der Waals surface area contributed by atoms with Gasteiger partial charge in [0.15, 0.2) is 0 Å². The number of para-hydroxylation sites is 1. The summed E-state index contributed by atoms with van der Waals surface area (Å²) in [4.78, 5) is 10.3. The Morgan fingerprint density at radius 3 is 2.18 bits per heavy atom. The Balaban J connectivity index is 0.000001000. The highest BCUT2D eigenvalue weighted by molar-refractivity contribution is 5.90. The predicted octanol–water partition coefficient (Wildman–Crippen LogP) is 1.51. The molecule has 0 aliphatic carbocycles. The summed E-state index contributed by atoms with van der Waals surface area (Å²) in [7, 11) is 0. The first-order valence-electron chi connectivity index (χ1n) is 2.73. The lowest BCUT2D eigenvalue weighted by Gasteiger charge is -1.95. The molecule has 1 aromatic rings. The first-order valence-corrected chi connectivity index (χ1v) is 2.73. The summed E-state index contributed by atoms with van der Waals surface area (Å²) in [5.41, 5.74) is -0.0671. The molecule has 0 aromatic heterocycles. The summed E-state index contributed by atoms with van der Waals surface area (Å²) in [6.45, 7) is 0. The zero-order valence-corrected chi connectivity index (χ0v) is 6.34. The SMILES string of the molecule is Cl.O=C(O)c1ccccc1O. The van der Waals surface area contributed by atoms with Gasteiger partial charge in [-0.1, -0.05) is 12.1 Å². The molecule has 4 heteroatoms. The molecule has 11 heavy (non-hydrogen) atoms. The molecular weight excluding hydrogens is 168 g/mol. The van der Waals surface area contributed by atoms with Gasteiger partial charge in [-0.2, -0.15) is 0 Å². The van der Waals surface area contributed by atoms with E-state index in [1.165, 1.54) is 12.1 Å². The minimum atomic E-state index is -1.11. The van der Waals surface area contributed by atoms with Crippen LogP contribution >= 0.6 is 12.4 Å². The minimum Gasteiger partial charge on any atom is -0.507 e. The molecule has 0 aliphatic heterocycles. The Hall–Kier alpha value is -1.22. The van der Waals surface area contributed by atoms with Gasteiger partial charge in [-0.3, -0.25) is 0 Å². The van der Waals surface area contributed by atoms with Crippen LogP contribution in [0.2, 0.25) is 0 Å². The van der Waals surface area contributed by atoms with E-state index in [1.54, 1.807) is 12.1 Å². The van der Waals surface area contributed by atoms with Crippen LogP contribution in [-0.4, -0.2) is 16.2 Å². The molecule has 0 saturated heterocycles. The Kier molecular flexibility index (Phi) is 3.40. The fourth-order valence-corrected chi connectivity index (χ4v) is 0.654. The first-order chi connectivity index (χ1) is 4.72. The normalized spacial score (nSPS) is 8.36. The molecule has 0 atom stereocenters. The monoisotopic (exact) mass is 174 g/mol. The van der Waals surface area contributed by atoms with E-state index in [0.717, 1.165) is 0 Å². The van der Waals surface area contributed by atoms with E-state index in [1.807, 2.05) is 0 Å². The maximum atomic E-state index is 10.3. The number of hydrogen-bond donors (Lipinski definition) is 2. The van der Waals surface area contributed by atoms with Crippen LogP contribution in [-0.2, 0) is 0 Å². The van der Waals surface area contributed by atoms with Gasteiger partial charge in [-0.05, 0) is 12.1 Å². The maximum absolute atomic E-state index is 10.3. The summed E-state index contributed by atoms with van der Waals surface area (Å²) in [5, 5.41) is 17.3. The van der Waals surface area contributed by atoms with E-state index in [-0.39, 0.29) is 23.7 Å². The van der Waals surface area contributed by atoms with Crippen molar-refractivity contribution < 1.29 is 15.0 Å². The fraction of sp³-hybridized carbons (Fsp3) is 0. The Morgan fingerprint density at radius 2 is 1.82 bits per heavy atom. The molecule has 1 aromatic carbocycles. The molecule has 0 unspecified atom stereocenters. The predicted molar refractivity (Wildman–Crippen MR) is 42.3 cm³/mol. The van der Waals surface area contributed by atoms with Gasteiger partial charge in [-0.25, -0.2) is 4.79 Å². The van der Waals surface area contributed by atoms with E-state index in [4.69, 9.17) is 10.2 Å². The largest absolute Gasteiger partial charge is 0.507 e. The fourth-order valence-electron chi connectivity index (χ4n) is 0.654. The maximum Gasteiger partial charge on any atom is 0.339 e. The van der Waals surface area contributed by atoms with Crippen LogP contribution in [0.3, 0.4) is 0 Å². The number of rotatable bonds is 1. The number of aromatic hydroxyl groups is 1. The lowest BCUT2D eigenvalue weighted by atomic mass is 10.2.